The molecule has 2 aromatic carbocycles. The van der Waals surface area contributed by atoms with Crippen molar-refractivity contribution in [1.29, 1.82) is 0 Å². The lowest BCUT2D eigenvalue weighted by Crippen LogP contribution is -2.09. The first-order chi connectivity index (χ1) is 13.0. The molecule has 0 saturated heterocycles. The molecule has 1 heterocycles. The smallest absolute Gasteiger partial charge is 0.232 e. The summed E-state index contributed by atoms with van der Waals surface area (Å²) in [6.07, 6.45) is -7.49. The second kappa shape index (κ2) is 7.44. The van der Waals surface area contributed by atoms with E-state index in [0.717, 1.165) is 39.1 Å². The molecule has 0 radical (unpaired) electrons. The number of benzene rings is 2. The van der Waals surface area contributed by atoms with E-state index >= 15 is 0 Å². The van der Waals surface area contributed by atoms with E-state index in [0.29, 0.717) is 5.56 Å². The zero-order valence-electron chi connectivity index (χ0n) is 14.3. The quantitative estimate of drug-likeness (QED) is 0.295. The monoisotopic (exact) mass is 434 g/mol. The van der Waals surface area contributed by atoms with Gasteiger partial charge >= 0.3 is 12.4 Å². The van der Waals surface area contributed by atoms with Crippen molar-refractivity contribution >= 4 is 26.3 Å². The van der Waals surface area contributed by atoms with Gasteiger partial charge in [-0.2, -0.15) is 31.4 Å². The first-order valence-corrected chi connectivity index (χ1v) is 9.59. The van der Waals surface area contributed by atoms with Crippen molar-refractivity contribution in [2.24, 2.45) is 0 Å². The maximum absolute atomic E-state index is 13.2. The van der Waals surface area contributed by atoms with Gasteiger partial charge in [0.25, 0.3) is 0 Å². The number of hydrogen-bond donors (Lipinski definition) is 0. The van der Waals surface area contributed by atoms with E-state index in [1.54, 1.807) is 18.2 Å². The maximum Gasteiger partial charge on any atom is 0.435 e. The highest BCUT2D eigenvalue weighted by Crippen LogP contribution is 2.35. The lowest BCUT2D eigenvalue weighted by atomic mass is 10.1. The highest BCUT2D eigenvalue weighted by molar-refractivity contribution is 7.99. The van der Waals surface area contributed by atoms with Crippen molar-refractivity contribution in [3.63, 3.8) is 0 Å². The molecule has 0 spiro atoms. The SMILES string of the molecule is CSc1ccc(-c2cc(C(F)(F)F)nn2-c2cccc(C(F)(F)F)c2)cc1P. The topological polar surface area (TPSA) is 17.8 Å². The number of hydrogen-bond acceptors (Lipinski definition) is 2. The number of aromatic nitrogens is 2. The van der Waals surface area contributed by atoms with Crippen LogP contribution < -0.4 is 5.30 Å². The van der Waals surface area contributed by atoms with Crippen molar-refractivity contribution in [1.82, 2.24) is 9.78 Å². The van der Waals surface area contributed by atoms with Gasteiger partial charge in [0.15, 0.2) is 5.69 Å². The minimum absolute atomic E-state index is 0.0444. The number of thioether (sulfide) groups is 1. The molecule has 0 aliphatic carbocycles. The summed E-state index contributed by atoms with van der Waals surface area (Å²) < 4.78 is 79.6. The number of halogens is 6. The summed E-state index contributed by atoms with van der Waals surface area (Å²) in [6.45, 7) is 0. The third-order valence-electron chi connectivity index (χ3n) is 3.94. The Kier molecular flexibility index (Phi) is 5.51. The number of alkyl halides is 6. The number of nitrogens with zero attached hydrogens (tertiary/aromatic N) is 2. The average molecular weight is 434 g/mol. The highest BCUT2D eigenvalue weighted by Gasteiger charge is 2.36. The van der Waals surface area contributed by atoms with Gasteiger partial charge in [-0.15, -0.1) is 21.0 Å². The van der Waals surface area contributed by atoms with Crippen LogP contribution in [0.4, 0.5) is 26.3 Å². The molecule has 0 saturated carbocycles. The molecule has 2 nitrogen and oxygen atoms in total. The Morgan fingerprint density at radius 2 is 1.64 bits per heavy atom. The fourth-order valence-electron chi connectivity index (χ4n) is 2.63. The first-order valence-electron chi connectivity index (χ1n) is 7.79. The van der Waals surface area contributed by atoms with E-state index in [1.807, 2.05) is 6.26 Å². The Morgan fingerprint density at radius 3 is 2.21 bits per heavy atom. The second-order valence-electron chi connectivity index (χ2n) is 5.83. The van der Waals surface area contributed by atoms with E-state index in [-0.39, 0.29) is 11.4 Å². The van der Waals surface area contributed by atoms with Crippen molar-refractivity contribution in [2.45, 2.75) is 17.2 Å². The Bertz CT molecular complexity index is 1010. The lowest BCUT2D eigenvalue weighted by Gasteiger charge is -2.12. The van der Waals surface area contributed by atoms with Gasteiger partial charge in [0.2, 0.25) is 0 Å². The van der Waals surface area contributed by atoms with E-state index in [4.69, 9.17) is 0 Å². The van der Waals surface area contributed by atoms with Crippen molar-refractivity contribution in [3.05, 3.63) is 59.8 Å². The van der Waals surface area contributed by atoms with Crippen LogP contribution in [0.2, 0.25) is 0 Å². The predicted molar refractivity (Wildman–Crippen MR) is 100 cm³/mol. The Morgan fingerprint density at radius 1 is 0.929 bits per heavy atom. The van der Waals surface area contributed by atoms with Crippen molar-refractivity contribution < 1.29 is 26.3 Å². The minimum atomic E-state index is -4.73. The van der Waals surface area contributed by atoms with Crippen LogP contribution in [0.5, 0.6) is 0 Å². The third-order valence-corrected chi connectivity index (χ3v) is 5.44. The van der Waals surface area contributed by atoms with Crippen molar-refractivity contribution in [3.8, 4) is 16.9 Å². The number of rotatable bonds is 3. The molecule has 0 amide bonds. The molecule has 10 heteroatoms. The van der Waals surface area contributed by atoms with Crippen LogP contribution >= 0.6 is 21.0 Å². The summed E-state index contributed by atoms with van der Waals surface area (Å²) in [7, 11) is 2.49. The zero-order valence-corrected chi connectivity index (χ0v) is 16.2. The molecule has 0 bridgehead atoms. The van der Waals surface area contributed by atoms with Crippen LogP contribution in [0.25, 0.3) is 16.9 Å². The molecular formula is C18H13F6N2PS. The molecule has 1 aromatic heterocycles. The van der Waals surface area contributed by atoms with Crippen LogP contribution in [0.3, 0.4) is 0 Å². The first kappa shape index (κ1) is 20.7. The summed E-state index contributed by atoms with van der Waals surface area (Å²) in [5, 5.41) is 4.30. The summed E-state index contributed by atoms with van der Waals surface area (Å²) in [5.74, 6) is 0. The normalized spacial score (nSPS) is 12.4. The van der Waals surface area contributed by atoms with Gasteiger partial charge < -0.3 is 0 Å². The molecule has 0 N–H and O–H groups in total. The van der Waals surface area contributed by atoms with Gasteiger partial charge in [-0.1, -0.05) is 12.1 Å². The Labute approximate surface area is 163 Å². The van der Waals surface area contributed by atoms with Crippen molar-refractivity contribution in [2.75, 3.05) is 6.26 Å². The van der Waals surface area contributed by atoms with Crippen LogP contribution in [-0.4, -0.2) is 16.0 Å². The van der Waals surface area contributed by atoms with Crippen LogP contribution in [0.15, 0.2) is 53.4 Å². The van der Waals surface area contributed by atoms with E-state index in [2.05, 4.69) is 14.3 Å². The largest absolute Gasteiger partial charge is 0.435 e. The van der Waals surface area contributed by atoms with Gasteiger partial charge in [-0.05, 0) is 48.0 Å². The molecule has 148 valence electrons. The fourth-order valence-corrected chi connectivity index (χ4v) is 3.76. The predicted octanol–water partition coefficient (Wildman–Crippen LogP) is 5.80. The molecular weight excluding hydrogens is 421 g/mol. The van der Waals surface area contributed by atoms with Gasteiger partial charge in [-0.3, -0.25) is 0 Å². The Balaban J connectivity index is 2.21. The summed E-state index contributed by atoms with van der Waals surface area (Å²) >= 11 is 1.47. The highest BCUT2D eigenvalue weighted by atomic mass is 32.2. The second-order valence-corrected chi connectivity index (χ2v) is 7.30. The molecule has 28 heavy (non-hydrogen) atoms. The lowest BCUT2D eigenvalue weighted by molar-refractivity contribution is -0.141. The Hall–Kier alpha value is -1.99. The van der Waals surface area contributed by atoms with Crippen LogP contribution in [0, 0.1) is 0 Å². The van der Waals surface area contributed by atoms with Gasteiger partial charge in [0.1, 0.15) is 0 Å². The minimum Gasteiger partial charge on any atom is -0.232 e. The fraction of sp³-hybridized carbons (Fsp3) is 0.167. The van der Waals surface area contributed by atoms with Gasteiger partial charge in [0.05, 0.1) is 16.9 Å². The van der Waals surface area contributed by atoms with E-state index in [9.17, 15) is 26.3 Å². The average Bonchev–Trinajstić information content (AvgIpc) is 3.07. The van der Waals surface area contributed by atoms with Gasteiger partial charge in [-0.25, -0.2) is 4.68 Å². The van der Waals surface area contributed by atoms with E-state index < -0.39 is 23.6 Å². The molecule has 0 fully saturated rings. The van der Waals surface area contributed by atoms with Gasteiger partial charge in [0, 0.05) is 10.5 Å². The van der Waals surface area contributed by atoms with E-state index in [1.165, 1.54) is 17.8 Å². The standard InChI is InChI=1S/C18H13F6N2PS/c1-28-15-6-5-10(7-14(15)27)13-9-16(18(22,23)24)25-26(13)12-4-2-3-11(8-12)17(19,20)21/h2-9H,27H2,1H3. The van der Waals surface area contributed by atoms with Crippen LogP contribution in [0.1, 0.15) is 11.3 Å². The third kappa shape index (κ3) is 4.20. The maximum atomic E-state index is 13.2. The molecule has 3 rings (SSSR count). The molecule has 0 aliphatic heterocycles. The molecule has 3 aromatic rings. The summed E-state index contributed by atoms with van der Waals surface area (Å²) in [5.41, 5.74) is -1.81. The summed E-state index contributed by atoms with van der Waals surface area (Å²) in [6, 6.07) is 9.87. The molecule has 1 atom stereocenters. The van der Waals surface area contributed by atoms with Crippen LogP contribution in [-0.2, 0) is 12.4 Å². The molecule has 0 aliphatic rings. The molecule has 1 unspecified atom stereocenters. The summed E-state index contributed by atoms with van der Waals surface area (Å²) in [4.78, 5) is 0.912. The zero-order chi connectivity index (χ0) is 20.7.